The van der Waals surface area contributed by atoms with Gasteiger partial charge in [0.25, 0.3) is 0 Å². The van der Waals surface area contributed by atoms with E-state index in [0.717, 1.165) is 27.3 Å². The van der Waals surface area contributed by atoms with Gasteiger partial charge in [-0.15, -0.1) is 0 Å². The lowest BCUT2D eigenvalue weighted by Gasteiger charge is -2.32. The van der Waals surface area contributed by atoms with Gasteiger partial charge in [-0.05, 0) is 74.6 Å². The van der Waals surface area contributed by atoms with E-state index in [2.05, 4.69) is 17.4 Å². The van der Waals surface area contributed by atoms with Crippen molar-refractivity contribution >= 4 is 33.2 Å². The lowest BCUT2D eigenvalue weighted by atomic mass is 9.96. The van der Waals surface area contributed by atoms with Crippen LogP contribution in [0, 0.1) is 20.8 Å². The molecule has 0 spiro atoms. The summed E-state index contributed by atoms with van der Waals surface area (Å²) in [5.74, 6) is -0.0702. The van der Waals surface area contributed by atoms with Crippen LogP contribution in [0.3, 0.4) is 0 Å². The van der Waals surface area contributed by atoms with Crippen LogP contribution >= 0.6 is 11.6 Å². The van der Waals surface area contributed by atoms with Crippen molar-refractivity contribution in [2.75, 3.05) is 17.7 Å². The SMILES string of the molecule is CC[C@H](C(=O)N[C@H](C)c1cc(C)c(C)cc1C)N(c1cc(Cl)ccc1OC)S(C)(=O)=O. The minimum Gasteiger partial charge on any atom is -0.495 e. The summed E-state index contributed by atoms with van der Waals surface area (Å²) in [4.78, 5) is 13.3. The number of nitrogens with zero attached hydrogens (tertiary/aromatic N) is 1. The summed E-state index contributed by atoms with van der Waals surface area (Å²) in [7, 11) is -2.37. The molecule has 0 aliphatic rings. The molecule has 0 unspecified atom stereocenters. The molecule has 0 saturated heterocycles. The smallest absolute Gasteiger partial charge is 0.244 e. The minimum absolute atomic E-state index is 0.231. The standard InChI is InChI=1S/C23H31ClN2O4S/c1-8-20(23(27)25-17(5)19-12-15(3)14(2)11-16(19)4)26(31(7,28)29)21-13-18(24)9-10-22(21)30-6/h9-13,17,20H,8H2,1-7H3,(H,25,27)/t17-,20-/m1/s1. The zero-order chi connectivity index (χ0) is 23.5. The zero-order valence-corrected chi connectivity index (χ0v) is 20.7. The van der Waals surface area contributed by atoms with Crippen molar-refractivity contribution in [1.29, 1.82) is 0 Å². The third-order valence-electron chi connectivity index (χ3n) is 5.42. The van der Waals surface area contributed by atoms with Gasteiger partial charge in [0.1, 0.15) is 11.8 Å². The van der Waals surface area contributed by atoms with Crippen LogP contribution in [0.5, 0.6) is 5.75 Å². The molecule has 170 valence electrons. The second-order valence-corrected chi connectivity index (χ2v) is 10.1. The number of carbonyl (C=O) groups is 1. The van der Waals surface area contributed by atoms with Crippen LogP contribution < -0.4 is 14.4 Å². The van der Waals surface area contributed by atoms with E-state index in [9.17, 15) is 13.2 Å². The van der Waals surface area contributed by atoms with Crippen LogP contribution in [0.2, 0.25) is 5.02 Å². The van der Waals surface area contributed by atoms with Crippen LogP contribution in [0.1, 0.15) is 48.6 Å². The number of amides is 1. The van der Waals surface area contributed by atoms with Gasteiger partial charge in [0.05, 0.1) is 25.1 Å². The number of nitrogens with one attached hydrogen (secondary N) is 1. The highest BCUT2D eigenvalue weighted by molar-refractivity contribution is 7.92. The van der Waals surface area contributed by atoms with E-state index in [0.29, 0.717) is 10.8 Å². The molecule has 2 atom stereocenters. The number of hydrogen-bond acceptors (Lipinski definition) is 4. The molecule has 0 bridgehead atoms. The Bertz CT molecular complexity index is 1070. The Morgan fingerprint density at radius 3 is 2.29 bits per heavy atom. The van der Waals surface area contributed by atoms with Gasteiger partial charge >= 0.3 is 0 Å². The number of rotatable bonds is 8. The van der Waals surface area contributed by atoms with Gasteiger partial charge in [-0.2, -0.15) is 0 Å². The molecule has 2 rings (SSSR count). The molecule has 0 heterocycles. The van der Waals surface area contributed by atoms with E-state index in [-0.39, 0.29) is 24.1 Å². The van der Waals surface area contributed by atoms with Gasteiger partial charge in [-0.1, -0.05) is 30.7 Å². The third-order valence-corrected chi connectivity index (χ3v) is 6.82. The highest BCUT2D eigenvalue weighted by Gasteiger charge is 2.34. The number of sulfonamides is 1. The fourth-order valence-electron chi connectivity index (χ4n) is 3.71. The monoisotopic (exact) mass is 466 g/mol. The van der Waals surface area contributed by atoms with E-state index in [1.807, 2.05) is 27.7 Å². The summed E-state index contributed by atoms with van der Waals surface area (Å²) in [5.41, 5.74) is 4.62. The van der Waals surface area contributed by atoms with Crippen LogP contribution in [-0.4, -0.2) is 33.7 Å². The number of benzene rings is 2. The van der Waals surface area contributed by atoms with Crippen molar-refractivity contribution in [2.24, 2.45) is 0 Å². The minimum atomic E-state index is -3.81. The molecule has 2 aromatic carbocycles. The molecule has 6 nitrogen and oxygen atoms in total. The van der Waals surface area contributed by atoms with Crippen LogP contribution in [-0.2, 0) is 14.8 Å². The number of aryl methyl sites for hydroxylation is 3. The fourth-order valence-corrected chi connectivity index (χ4v) is 5.08. The lowest BCUT2D eigenvalue weighted by molar-refractivity contribution is -0.122. The summed E-state index contributed by atoms with van der Waals surface area (Å²) in [6.07, 6.45) is 1.34. The van der Waals surface area contributed by atoms with E-state index < -0.39 is 16.1 Å². The van der Waals surface area contributed by atoms with Crippen molar-refractivity contribution < 1.29 is 17.9 Å². The Morgan fingerprint density at radius 2 is 1.74 bits per heavy atom. The molecule has 0 aliphatic heterocycles. The largest absolute Gasteiger partial charge is 0.495 e. The number of hydrogen-bond donors (Lipinski definition) is 1. The zero-order valence-electron chi connectivity index (χ0n) is 19.1. The second-order valence-electron chi connectivity index (χ2n) is 7.82. The Labute approximate surface area is 190 Å². The first-order valence-corrected chi connectivity index (χ1v) is 12.3. The average molecular weight is 467 g/mol. The van der Waals surface area contributed by atoms with E-state index >= 15 is 0 Å². The van der Waals surface area contributed by atoms with Gasteiger partial charge in [-0.3, -0.25) is 9.10 Å². The maximum atomic E-state index is 13.3. The average Bonchev–Trinajstić information content (AvgIpc) is 2.67. The number of carbonyl (C=O) groups excluding carboxylic acids is 1. The topological polar surface area (TPSA) is 75.7 Å². The Morgan fingerprint density at radius 1 is 1.13 bits per heavy atom. The van der Waals surface area contributed by atoms with Gasteiger partial charge in [0.2, 0.25) is 15.9 Å². The van der Waals surface area contributed by atoms with Crippen LogP contribution in [0.15, 0.2) is 30.3 Å². The van der Waals surface area contributed by atoms with Crippen molar-refractivity contribution in [1.82, 2.24) is 5.32 Å². The molecule has 0 saturated carbocycles. The summed E-state index contributed by atoms with van der Waals surface area (Å²) < 4.78 is 31.9. The van der Waals surface area contributed by atoms with Crippen molar-refractivity contribution in [3.05, 3.63) is 57.6 Å². The maximum absolute atomic E-state index is 13.3. The first-order valence-electron chi connectivity index (χ1n) is 10.1. The number of ether oxygens (including phenoxy) is 1. The van der Waals surface area contributed by atoms with Gasteiger partial charge < -0.3 is 10.1 Å². The highest BCUT2D eigenvalue weighted by atomic mass is 35.5. The van der Waals surface area contributed by atoms with Gasteiger partial charge in [-0.25, -0.2) is 8.42 Å². The molecule has 1 amide bonds. The quantitative estimate of drug-likeness (QED) is 0.612. The summed E-state index contributed by atoms with van der Waals surface area (Å²) in [6, 6.07) is 7.58. The number of halogens is 1. The van der Waals surface area contributed by atoms with Crippen molar-refractivity contribution in [3.8, 4) is 5.75 Å². The van der Waals surface area contributed by atoms with Gasteiger partial charge in [0, 0.05) is 5.02 Å². The molecule has 0 aromatic heterocycles. The fraction of sp³-hybridized carbons (Fsp3) is 0.435. The maximum Gasteiger partial charge on any atom is 0.244 e. The summed E-state index contributed by atoms with van der Waals surface area (Å²) in [5, 5.41) is 3.34. The lowest BCUT2D eigenvalue weighted by Crippen LogP contribution is -2.50. The number of anilines is 1. The van der Waals surface area contributed by atoms with E-state index in [1.165, 1.54) is 18.7 Å². The Kier molecular flexibility index (Phi) is 8.00. The molecule has 2 aromatic rings. The summed E-state index contributed by atoms with van der Waals surface area (Å²) >= 11 is 6.13. The molecule has 0 aliphatic carbocycles. The third kappa shape index (κ3) is 5.71. The van der Waals surface area contributed by atoms with E-state index in [1.54, 1.807) is 19.1 Å². The Balaban J connectivity index is 2.44. The summed E-state index contributed by atoms with van der Waals surface area (Å²) in [6.45, 7) is 9.74. The first-order chi connectivity index (χ1) is 14.4. The molecular formula is C23H31ClN2O4S. The van der Waals surface area contributed by atoms with Crippen molar-refractivity contribution in [3.63, 3.8) is 0 Å². The van der Waals surface area contributed by atoms with Crippen LogP contribution in [0.25, 0.3) is 0 Å². The Hall–Kier alpha value is -2.25. The normalized spacial score (nSPS) is 13.4. The second kappa shape index (κ2) is 9.92. The van der Waals surface area contributed by atoms with Crippen LogP contribution in [0.4, 0.5) is 5.69 Å². The molecule has 1 N–H and O–H groups in total. The molecule has 31 heavy (non-hydrogen) atoms. The first kappa shape index (κ1) is 25.0. The molecule has 8 heteroatoms. The predicted octanol–water partition coefficient (Wildman–Crippen LogP) is 4.70. The van der Waals surface area contributed by atoms with Gasteiger partial charge in [0.15, 0.2) is 0 Å². The van der Waals surface area contributed by atoms with E-state index in [4.69, 9.17) is 16.3 Å². The number of methoxy groups -OCH3 is 1. The molecule has 0 fully saturated rings. The van der Waals surface area contributed by atoms with Crippen molar-refractivity contribution in [2.45, 2.75) is 53.1 Å². The highest BCUT2D eigenvalue weighted by Crippen LogP contribution is 2.35. The predicted molar refractivity (Wildman–Crippen MR) is 127 cm³/mol. The molecular weight excluding hydrogens is 436 g/mol. The molecule has 0 radical (unpaired) electrons.